The van der Waals surface area contributed by atoms with Crippen molar-refractivity contribution in [2.45, 2.75) is 0 Å². The second kappa shape index (κ2) is 4.02. The molecule has 0 atom stereocenters. The predicted molar refractivity (Wildman–Crippen MR) is 46.6 cm³/mol. The maximum absolute atomic E-state index is 10.8. The van der Waals surface area contributed by atoms with Gasteiger partial charge in [0, 0.05) is 5.75 Å². The minimum atomic E-state index is -0.284. The van der Waals surface area contributed by atoms with Crippen molar-refractivity contribution < 1.29 is 4.79 Å². The molecule has 0 aliphatic carbocycles. The molecule has 1 heterocycles. The SMILES string of the molecule is C=CNC(=O)NC1=NCCS1. The van der Waals surface area contributed by atoms with Crippen LogP contribution in [0.2, 0.25) is 0 Å². The van der Waals surface area contributed by atoms with Gasteiger partial charge in [-0.2, -0.15) is 0 Å². The highest BCUT2D eigenvalue weighted by Gasteiger charge is 2.08. The Morgan fingerprint density at radius 2 is 2.64 bits per heavy atom. The van der Waals surface area contributed by atoms with Gasteiger partial charge in [0.1, 0.15) is 0 Å². The fraction of sp³-hybridized carbons (Fsp3) is 0.333. The molecule has 1 rings (SSSR count). The lowest BCUT2D eigenvalue weighted by Gasteiger charge is -2.00. The molecule has 11 heavy (non-hydrogen) atoms. The minimum Gasteiger partial charge on any atom is -0.315 e. The van der Waals surface area contributed by atoms with E-state index >= 15 is 0 Å². The summed E-state index contributed by atoms with van der Waals surface area (Å²) in [4.78, 5) is 14.8. The topological polar surface area (TPSA) is 53.5 Å². The Morgan fingerprint density at radius 1 is 1.82 bits per heavy atom. The number of urea groups is 1. The number of amidine groups is 1. The van der Waals surface area contributed by atoms with E-state index in [1.165, 1.54) is 6.20 Å². The molecule has 0 radical (unpaired) electrons. The molecule has 2 N–H and O–H groups in total. The molecular formula is C6H9N3OS. The van der Waals surface area contributed by atoms with Crippen molar-refractivity contribution in [1.29, 1.82) is 0 Å². The van der Waals surface area contributed by atoms with Crippen LogP contribution < -0.4 is 10.6 Å². The predicted octanol–water partition coefficient (Wildman–Crippen LogP) is 0.532. The third-order valence-electron chi connectivity index (χ3n) is 1.04. The van der Waals surface area contributed by atoms with Gasteiger partial charge in [-0.15, -0.1) is 0 Å². The van der Waals surface area contributed by atoms with Gasteiger partial charge in [0.05, 0.1) is 6.54 Å². The molecule has 2 amide bonds. The molecule has 0 aromatic heterocycles. The van der Waals surface area contributed by atoms with Gasteiger partial charge >= 0.3 is 6.03 Å². The van der Waals surface area contributed by atoms with Crippen molar-refractivity contribution in [3.8, 4) is 0 Å². The van der Waals surface area contributed by atoms with Crippen molar-refractivity contribution in [2.24, 2.45) is 4.99 Å². The zero-order valence-corrected chi connectivity index (χ0v) is 6.78. The van der Waals surface area contributed by atoms with Crippen molar-refractivity contribution in [2.75, 3.05) is 12.3 Å². The van der Waals surface area contributed by atoms with Crippen LogP contribution in [0.3, 0.4) is 0 Å². The van der Waals surface area contributed by atoms with E-state index in [9.17, 15) is 4.79 Å². The molecule has 1 aliphatic heterocycles. The van der Waals surface area contributed by atoms with Crippen LogP contribution in [0.5, 0.6) is 0 Å². The maximum atomic E-state index is 10.8. The number of nitrogens with zero attached hydrogens (tertiary/aromatic N) is 1. The lowest BCUT2D eigenvalue weighted by Crippen LogP contribution is -2.34. The average molecular weight is 171 g/mol. The lowest BCUT2D eigenvalue weighted by atomic mass is 10.8. The fourth-order valence-electron chi connectivity index (χ4n) is 0.637. The number of carbonyl (C=O) groups excluding carboxylic acids is 1. The smallest absolute Gasteiger partial charge is 0.315 e. The summed E-state index contributed by atoms with van der Waals surface area (Å²) < 4.78 is 0. The second-order valence-corrected chi connectivity index (χ2v) is 2.92. The molecule has 0 saturated carbocycles. The summed E-state index contributed by atoms with van der Waals surface area (Å²) in [6.45, 7) is 4.14. The molecule has 0 unspecified atom stereocenters. The number of aliphatic imine (C=N–C) groups is 1. The number of carbonyl (C=O) groups is 1. The largest absolute Gasteiger partial charge is 0.324 e. The van der Waals surface area contributed by atoms with Crippen molar-refractivity contribution in [3.05, 3.63) is 12.8 Å². The summed E-state index contributed by atoms with van der Waals surface area (Å²) in [7, 11) is 0. The van der Waals surface area contributed by atoms with Crippen molar-refractivity contribution >= 4 is 23.0 Å². The summed E-state index contributed by atoms with van der Waals surface area (Å²) in [6.07, 6.45) is 1.33. The van der Waals surface area contributed by atoms with E-state index < -0.39 is 0 Å². The van der Waals surface area contributed by atoms with Gasteiger partial charge < -0.3 is 5.32 Å². The Balaban J connectivity index is 2.29. The minimum absolute atomic E-state index is 0.284. The van der Waals surface area contributed by atoms with Crippen molar-refractivity contribution in [3.63, 3.8) is 0 Å². The number of amides is 2. The highest BCUT2D eigenvalue weighted by molar-refractivity contribution is 8.14. The molecule has 0 fully saturated rings. The lowest BCUT2D eigenvalue weighted by molar-refractivity contribution is 0.248. The highest BCUT2D eigenvalue weighted by Crippen LogP contribution is 2.08. The Hall–Kier alpha value is -0.970. The molecule has 0 spiro atoms. The highest BCUT2D eigenvalue weighted by atomic mass is 32.2. The van der Waals surface area contributed by atoms with Crippen LogP contribution in [0.25, 0.3) is 0 Å². The van der Waals surface area contributed by atoms with Gasteiger partial charge in [0.25, 0.3) is 0 Å². The summed E-state index contributed by atoms with van der Waals surface area (Å²) in [6, 6.07) is -0.284. The van der Waals surface area contributed by atoms with E-state index in [-0.39, 0.29) is 6.03 Å². The molecular weight excluding hydrogens is 162 g/mol. The van der Waals surface area contributed by atoms with E-state index in [0.717, 1.165) is 12.3 Å². The zero-order chi connectivity index (χ0) is 8.10. The Kier molecular flexibility index (Phi) is 2.97. The standard InChI is InChI=1S/C6H9N3OS/c1-2-7-5(10)9-6-8-3-4-11-6/h2H,1,3-4H2,(H2,7,8,9,10). The van der Waals surface area contributed by atoms with Crippen LogP contribution in [0.4, 0.5) is 4.79 Å². The number of rotatable bonds is 1. The van der Waals surface area contributed by atoms with Gasteiger partial charge in [-0.3, -0.25) is 10.3 Å². The summed E-state index contributed by atoms with van der Waals surface area (Å²) in [5, 5.41) is 5.65. The molecule has 5 heteroatoms. The Morgan fingerprint density at radius 3 is 3.18 bits per heavy atom. The number of hydrogen-bond acceptors (Lipinski definition) is 3. The molecule has 0 saturated heterocycles. The second-order valence-electron chi connectivity index (χ2n) is 1.84. The van der Waals surface area contributed by atoms with Gasteiger partial charge in [0.15, 0.2) is 5.17 Å². The van der Waals surface area contributed by atoms with Gasteiger partial charge in [0.2, 0.25) is 0 Å². The van der Waals surface area contributed by atoms with Crippen molar-refractivity contribution in [1.82, 2.24) is 10.6 Å². The number of hydrogen-bond donors (Lipinski definition) is 2. The van der Waals surface area contributed by atoms with Crippen LogP contribution in [0.15, 0.2) is 17.8 Å². The molecule has 0 aromatic carbocycles. The van der Waals surface area contributed by atoms with Gasteiger partial charge in [-0.1, -0.05) is 18.3 Å². The first kappa shape index (κ1) is 8.13. The zero-order valence-electron chi connectivity index (χ0n) is 5.96. The summed E-state index contributed by atoms with van der Waals surface area (Å²) >= 11 is 1.54. The van der Waals surface area contributed by atoms with Gasteiger partial charge in [-0.25, -0.2) is 4.79 Å². The normalized spacial score (nSPS) is 15.5. The molecule has 0 aromatic rings. The van der Waals surface area contributed by atoms with Crippen LogP contribution >= 0.6 is 11.8 Å². The molecule has 1 aliphatic rings. The molecule has 0 bridgehead atoms. The molecule has 4 nitrogen and oxygen atoms in total. The van der Waals surface area contributed by atoms with E-state index in [2.05, 4.69) is 22.2 Å². The van der Waals surface area contributed by atoms with E-state index in [1.807, 2.05) is 0 Å². The first-order chi connectivity index (χ1) is 5.33. The van der Waals surface area contributed by atoms with Crippen LogP contribution in [-0.4, -0.2) is 23.5 Å². The quantitative estimate of drug-likeness (QED) is 0.604. The Labute approximate surface area is 69.1 Å². The fourth-order valence-corrected chi connectivity index (χ4v) is 1.36. The van der Waals surface area contributed by atoms with Crippen LogP contribution in [0.1, 0.15) is 0 Å². The third-order valence-corrected chi connectivity index (χ3v) is 1.93. The first-order valence-electron chi connectivity index (χ1n) is 3.18. The Bertz CT molecular complexity index is 202. The maximum Gasteiger partial charge on any atom is 0.324 e. The summed E-state index contributed by atoms with van der Waals surface area (Å²) in [5.41, 5.74) is 0. The molecule has 60 valence electrons. The number of nitrogens with one attached hydrogen (secondary N) is 2. The van der Waals surface area contributed by atoms with E-state index in [4.69, 9.17) is 0 Å². The third kappa shape index (κ3) is 2.63. The number of thioether (sulfide) groups is 1. The average Bonchev–Trinajstić information content (AvgIpc) is 2.40. The summed E-state index contributed by atoms with van der Waals surface area (Å²) in [5.74, 6) is 0.948. The van der Waals surface area contributed by atoms with Gasteiger partial charge in [-0.05, 0) is 6.20 Å². The monoisotopic (exact) mass is 171 g/mol. The first-order valence-corrected chi connectivity index (χ1v) is 4.17. The van der Waals surface area contributed by atoms with E-state index in [0.29, 0.717) is 5.17 Å². The van der Waals surface area contributed by atoms with Crippen LogP contribution in [-0.2, 0) is 0 Å². The van der Waals surface area contributed by atoms with Crippen LogP contribution in [0, 0.1) is 0 Å². The van der Waals surface area contributed by atoms with E-state index in [1.54, 1.807) is 11.8 Å².